The number of aromatic amines is 1. The summed E-state index contributed by atoms with van der Waals surface area (Å²) in [5.41, 5.74) is 3.15. The molecule has 0 radical (unpaired) electrons. The predicted molar refractivity (Wildman–Crippen MR) is 85.7 cm³/mol. The van der Waals surface area contributed by atoms with E-state index < -0.39 is 10.0 Å². The van der Waals surface area contributed by atoms with Gasteiger partial charge in [-0.25, -0.2) is 13.1 Å². The number of hydrogen-bond acceptors (Lipinski definition) is 3. The van der Waals surface area contributed by atoms with Gasteiger partial charge in [-0.1, -0.05) is 6.07 Å². The maximum atomic E-state index is 12.2. The van der Waals surface area contributed by atoms with E-state index in [0.29, 0.717) is 11.0 Å². The van der Waals surface area contributed by atoms with E-state index in [1.54, 1.807) is 24.4 Å². The molecule has 0 fully saturated rings. The van der Waals surface area contributed by atoms with Gasteiger partial charge in [-0.3, -0.25) is 5.10 Å². The summed E-state index contributed by atoms with van der Waals surface area (Å²) >= 11 is 3.30. The van der Waals surface area contributed by atoms with Crippen LogP contribution in [0.3, 0.4) is 0 Å². The second-order valence-electron chi connectivity index (χ2n) is 4.96. The molecule has 0 bridgehead atoms. The lowest BCUT2D eigenvalue weighted by atomic mass is 10.1. The minimum absolute atomic E-state index is 0.271. The van der Waals surface area contributed by atoms with E-state index in [2.05, 4.69) is 30.8 Å². The Morgan fingerprint density at radius 1 is 1.33 bits per heavy atom. The van der Waals surface area contributed by atoms with Crippen LogP contribution < -0.4 is 4.72 Å². The number of aryl methyl sites for hydroxylation is 3. The number of H-pyrrole nitrogens is 1. The minimum atomic E-state index is -3.48. The molecule has 0 aliphatic rings. The van der Waals surface area contributed by atoms with Crippen molar-refractivity contribution in [3.63, 3.8) is 0 Å². The van der Waals surface area contributed by atoms with Gasteiger partial charge < -0.3 is 0 Å². The molecule has 0 saturated carbocycles. The molecular formula is C14H18BrN3O2S. The fraction of sp³-hybridized carbons (Fsp3) is 0.357. The summed E-state index contributed by atoms with van der Waals surface area (Å²) in [4.78, 5) is 0.271. The van der Waals surface area contributed by atoms with Crippen molar-refractivity contribution in [2.75, 3.05) is 6.54 Å². The molecular weight excluding hydrogens is 354 g/mol. The van der Waals surface area contributed by atoms with E-state index >= 15 is 0 Å². The lowest BCUT2D eigenvalue weighted by molar-refractivity contribution is 0.578. The van der Waals surface area contributed by atoms with Gasteiger partial charge >= 0.3 is 0 Å². The molecule has 0 spiro atoms. The maximum absolute atomic E-state index is 12.2. The van der Waals surface area contributed by atoms with E-state index in [1.165, 1.54) is 0 Å². The van der Waals surface area contributed by atoms with Crippen molar-refractivity contribution in [3.05, 3.63) is 45.7 Å². The van der Waals surface area contributed by atoms with Gasteiger partial charge in [0.1, 0.15) is 0 Å². The molecule has 0 atom stereocenters. The summed E-state index contributed by atoms with van der Waals surface area (Å²) in [6, 6.07) is 5.19. The van der Waals surface area contributed by atoms with Gasteiger partial charge in [0.25, 0.3) is 0 Å². The first kappa shape index (κ1) is 16.2. The van der Waals surface area contributed by atoms with Gasteiger partial charge in [-0.15, -0.1) is 0 Å². The Labute approximate surface area is 133 Å². The van der Waals surface area contributed by atoms with E-state index in [4.69, 9.17) is 0 Å². The molecule has 2 rings (SSSR count). The molecule has 1 aromatic heterocycles. The number of halogens is 1. The Hall–Kier alpha value is -1.18. The lowest BCUT2D eigenvalue weighted by Crippen LogP contribution is -2.25. The molecule has 21 heavy (non-hydrogen) atoms. The van der Waals surface area contributed by atoms with Crippen LogP contribution in [0.2, 0.25) is 0 Å². The van der Waals surface area contributed by atoms with Crippen LogP contribution in [0.15, 0.2) is 33.8 Å². The molecule has 2 N–H and O–H groups in total. The standard InChI is InChI=1S/C14H18BrN3O2S/c1-10-5-6-14(13(15)8-10)21(19,20)17-7-3-4-12-9-16-18-11(12)2/h5-6,8-9,17H,3-4,7H2,1-2H3,(H,16,18). The smallest absolute Gasteiger partial charge is 0.241 e. The van der Waals surface area contributed by atoms with Crippen molar-refractivity contribution in [1.29, 1.82) is 0 Å². The first-order valence-corrected chi connectivity index (χ1v) is 8.92. The molecule has 2 aromatic rings. The van der Waals surface area contributed by atoms with Gasteiger partial charge in [0.15, 0.2) is 0 Å². The van der Waals surface area contributed by atoms with Crippen LogP contribution >= 0.6 is 15.9 Å². The van der Waals surface area contributed by atoms with Crippen LogP contribution in [-0.2, 0) is 16.4 Å². The number of nitrogens with zero attached hydrogens (tertiary/aromatic N) is 1. The highest BCUT2D eigenvalue weighted by Gasteiger charge is 2.16. The maximum Gasteiger partial charge on any atom is 0.241 e. The van der Waals surface area contributed by atoms with E-state index in [1.807, 2.05) is 13.8 Å². The minimum Gasteiger partial charge on any atom is -0.283 e. The largest absolute Gasteiger partial charge is 0.283 e. The Morgan fingerprint density at radius 2 is 2.10 bits per heavy atom. The average molecular weight is 372 g/mol. The fourth-order valence-electron chi connectivity index (χ4n) is 2.01. The van der Waals surface area contributed by atoms with Crippen molar-refractivity contribution < 1.29 is 8.42 Å². The summed E-state index contributed by atoms with van der Waals surface area (Å²) < 4.78 is 27.7. The van der Waals surface area contributed by atoms with Crippen LogP contribution in [0.4, 0.5) is 0 Å². The molecule has 7 heteroatoms. The SMILES string of the molecule is Cc1ccc(S(=O)(=O)NCCCc2cn[nH]c2C)c(Br)c1. The normalized spacial score (nSPS) is 11.8. The Morgan fingerprint density at radius 3 is 2.71 bits per heavy atom. The first-order valence-electron chi connectivity index (χ1n) is 6.65. The topological polar surface area (TPSA) is 74.8 Å². The molecule has 114 valence electrons. The van der Waals surface area contributed by atoms with Gasteiger partial charge in [-0.05, 0) is 65.9 Å². The number of nitrogens with one attached hydrogen (secondary N) is 2. The lowest BCUT2D eigenvalue weighted by Gasteiger charge is -2.09. The molecule has 1 aromatic carbocycles. The van der Waals surface area contributed by atoms with Crippen LogP contribution in [0.5, 0.6) is 0 Å². The molecule has 0 unspecified atom stereocenters. The van der Waals surface area contributed by atoms with Crippen LogP contribution in [0.1, 0.15) is 23.2 Å². The third-order valence-corrected chi connectivity index (χ3v) is 5.66. The summed E-state index contributed by atoms with van der Waals surface area (Å²) in [6.07, 6.45) is 3.30. The van der Waals surface area contributed by atoms with Crippen molar-refractivity contribution in [2.24, 2.45) is 0 Å². The van der Waals surface area contributed by atoms with Crippen LogP contribution in [0, 0.1) is 13.8 Å². The summed E-state index contributed by atoms with van der Waals surface area (Å²) in [7, 11) is -3.48. The third-order valence-electron chi connectivity index (χ3n) is 3.23. The highest BCUT2D eigenvalue weighted by Crippen LogP contribution is 2.22. The molecule has 5 nitrogen and oxygen atoms in total. The zero-order chi connectivity index (χ0) is 15.5. The number of benzene rings is 1. The van der Waals surface area contributed by atoms with Gasteiger partial charge in [-0.2, -0.15) is 5.10 Å². The number of sulfonamides is 1. The highest BCUT2D eigenvalue weighted by atomic mass is 79.9. The van der Waals surface area contributed by atoms with Gasteiger partial charge in [0.2, 0.25) is 10.0 Å². The van der Waals surface area contributed by atoms with E-state index in [-0.39, 0.29) is 4.90 Å². The second-order valence-corrected chi connectivity index (χ2v) is 7.55. The fourth-order valence-corrected chi connectivity index (χ4v) is 4.28. The number of rotatable bonds is 6. The third kappa shape index (κ3) is 4.15. The van der Waals surface area contributed by atoms with Gasteiger partial charge in [0.05, 0.1) is 11.1 Å². The first-order chi connectivity index (χ1) is 9.90. The summed E-state index contributed by atoms with van der Waals surface area (Å²) in [5, 5.41) is 6.82. The van der Waals surface area contributed by atoms with Crippen molar-refractivity contribution in [3.8, 4) is 0 Å². The Bertz CT molecular complexity index is 726. The number of aromatic nitrogens is 2. The van der Waals surface area contributed by atoms with Crippen molar-refractivity contribution >= 4 is 26.0 Å². The summed E-state index contributed by atoms with van der Waals surface area (Å²) in [5.74, 6) is 0. The predicted octanol–water partition coefficient (Wildman–Crippen LogP) is 2.70. The monoisotopic (exact) mass is 371 g/mol. The zero-order valence-electron chi connectivity index (χ0n) is 12.0. The van der Waals surface area contributed by atoms with Crippen molar-refractivity contribution in [1.82, 2.24) is 14.9 Å². The Kier molecular flexibility index (Phi) is 5.18. The molecule has 0 aliphatic heterocycles. The molecule has 0 amide bonds. The highest BCUT2D eigenvalue weighted by molar-refractivity contribution is 9.10. The van der Waals surface area contributed by atoms with E-state index in [9.17, 15) is 8.42 Å². The summed E-state index contributed by atoms with van der Waals surface area (Å²) in [6.45, 7) is 4.27. The van der Waals surface area contributed by atoms with Gasteiger partial charge in [0, 0.05) is 16.7 Å². The van der Waals surface area contributed by atoms with E-state index in [0.717, 1.165) is 29.7 Å². The molecule has 1 heterocycles. The molecule has 0 saturated heterocycles. The zero-order valence-corrected chi connectivity index (χ0v) is 14.4. The second kappa shape index (κ2) is 6.72. The van der Waals surface area contributed by atoms with Crippen LogP contribution in [0.25, 0.3) is 0 Å². The number of hydrogen-bond donors (Lipinski definition) is 2. The quantitative estimate of drug-likeness (QED) is 0.766. The average Bonchev–Trinajstić information content (AvgIpc) is 2.80. The van der Waals surface area contributed by atoms with Crippen LogP contribution in [-0.4, -0.2) is 25.2 Å². The molecule has 0 aliphatic carbocycles. The van der Waals surface area contributed by atoms with Crippen molar-refractivity contribution in [2.45, 2.75) is 31.6 Å². The Balaban J connectivity index is 1.94.